The summed E-state index contributed by atoms with van der Waals surface area (Å²) in [6.45, 7) is 2.81. The smallest absolute Gasteiger partial charge is 0.230 e. The van der Waals surface area contributed by atoms with Gasteiger partial charge in [0.2, 0.25) is 5.91 Å². The summed E-state index contributed by atoms with van der Waals surface area (Å²) < 4.78 is 0. The number of hydrogen-bond acceptors (Lipinski definition) is 2. The molecule has 3 heteroatoms. The zero-order chi connectivity index (χ0) is 16.4. The number of fused-ring (bicyclic) bond motifs is 1. The summed E-state index contributed by atoms with van der Waals surface area (Å²) in [5, 5.41) is 0. The number of piperidine rings is 1. The number of amides is 1. The van der Waals surface area contributed by atoms with E-state index in [4.69, 9.17) is 0 Å². The normalized spacial score (nSPS) is 18.3. The number of anilines is 2. The summed E-state index contributed by atoms with van der Waals surface area (Å²) in [5.41, 5.74) is 3.73. The molecule has 1 amide bonds. The van der Waals surface area contributed by atoms with E-state index in [1.807, 2.05) is 17.0 Å². The molecule has 2 aromatic carbocycles. The fraction of sp³-hybridized carbons (Fsp3) is 0.381. The van der Waals surface area contributed by atoms with Gasteiger partial charge in [-0.15, -0.1) is 0 Å². The third-order valence-corrected chi connectivity index (χ3v) is 5.34. The molecular weight excluding hydrogens is 296 g/mol. The van der Waals surface area contributed by atoms with Crippen molar-refractivity contribution in [3.8, 4) is 0 Å². The molecule has 2 aliphatic heterocycles. The van der Waals surface area contributed by atoms with E-state index in [0.29, 0.717) is 5.91 Å². The minimum absolute atomic E-state index is 0.163. The predicted octanol–water partition coefficient (Wildman–Crippen LogP) is 3.88. The summed E-state index contributed by atoms with van der Waals surface area (Å²) in [5.74, 6) is 0.492. The Bertz CT molecular complexity index is 705. The number of hydrogen-bond donors (Lipinski definition) is 0. The van der Waals surface area contributed by atoms with Gasteiger partial charge in [-0.05, 0) is 49.4 Å². The van der Waals surface area contributed by atoms with Crippen LogP contribution in [-0.2, 0) is 11.2 Å². The standard InChI is InChI=1S/C21H24N2O/c24-21(23-14-6-8-17-7-4-5-11-20(17)23)18-12-15-22(16-13-18)19-9-2-1-3-10-19/h1-5,7,9-11,18H,6,8,12-16H2. The highest BCUT2D eigenvalue weighted by atomic mass is 16.2. The topological polar surface area (TPSA) is 23.6 Å². The molecule has 0 saturated carbocycles. The number of carbonyl (C=O) groups is 1. The van der Waals surface area contributed by atoms with Gasteiger partial charge in [-0.25, -0.2) is 0 Å². The van der Waals surface area contributed by atoms with Crippen LogP contribution in [0.2, 0.25) is 0 Å². The maximum absolute atomic E-state index is 13.1. The van der Waals surface area contributed by atoms with Crippen molar-refractivity contribution in [3.05, 3.63) is 60.2 Å². The number of para-hydroxylation sites is 2. The Hall–Kier alpha value is -2.29. The van der Waals surface area contributed by atoms with Gasteiger partial charge in [0.25, 0.3) is 0 Å². The van der Waals surface area contributed by atoms with Gasteiger partial charge in [0, 0.05) is 36.9 Å². The molecule has 0 spiro atoms. The molecule has 1 fully saturated rings. The SMILES string of the molecule is O=C(C1CCN(c2ccccc2)CC1)N1CCCc2ccccc21. The molecule has 0 radical (unpaired) electrons. The second-order valence-electron chi connectivity index (χ2n) is 6.82. The molecule has 2 aromatic rings. The molecule has 0 aromatic heterocycles. The first-order chi connectivity index (χ1) is 11.8. The van der Waals surface area contributed by atoms with Crippen molar-refractivity contribution in [2.75, 3.05) is 29.4 Å². The van der Waals surface area contributed by atoms with Crippen LogP contribution in [0.15, 0.2) is 54.6 Å². The molecule has 24 heavy (non-hydrogen) atoms. The van der Waals surface area contributed by atoms with Gasteiger partial charge in [0.15, 0.2) is 0 Å². The molecule has 0 bridgehead atoms. The fourth-order valence-electron chi connectivity index (χ4n) is 4.01. The molecule has 4 rings (SSSR count). The Balaban J connectivity index is 1.44. The maximum atomic E-state index is 13.1. The Labute approximate surface area is 143 Å². The summed E-state index contributed by atoms with van der Waals surface area (Å²) in [7, 11) is 0. The summed E-state index contributed by atoms with van der Waals surface area (Å²) in [6.07, 6.45) is 4.07. The third kappa shape index (κ3) is 2.91. The predicted molar refractivity (Wildman–Crippen MR) is 98.5 cm³/mol. The van der Waals surface area contributed by atoms with Gasteiger partial charge in [-0.1, -0.05) is 36.4 Å². The van der Waals surface area contributed by atoms with Gasteiger partial charge in [-0.2, -0.15) is 0 Å². The van der Waals surface area contributed by atoms with Crippen LogP contribution in [0.1, 0.15) is 24.8 Å². The first kappa shape index (κ1) is 15.3. The highest BCUT2D eigenvalue weighted by Gasteiger charge is 2.31. The average Bonchev–Trinajstić information content (AvgIpc) is 2.68. The van der Waals surface area contributed by atoms with Crippen LogP contribution in [-0.4, -0.2) is 25.5 Å². The van der Waals surface area contributed by atoms with Crippen LogP contribution in [0.4, 0.5) is 11.4 Å². The zero-order valence-corrected chi connectivity index (χ0v) is 14.0. The molecule has 0 aliphatic carbocycles. The van der Waals surface area contributed by atoms with Crippen LogP contribution in [0.5, 0.6) is 0 Å². The van der Waals surface area contributed by atoms with E-state index in [0.717, 1.165) is 51.0 Å². The van der Waals surface area contributed by atoms with Crippen molar-refractivity contribution in [1.29, 1.82) is 0 Å². The average molecular weight is 320 g/mol. The lowest BCUT2D eigenvalue weighted by molar-refractivity contribution is -0.123. The van der Waals surface area contributed by atoms with Crippen molar-refractivity contribution in [2.45, 2.75) is 25.7 Å². The van der Waals surface area contributed by atoms with E-state index in [2.05, 4.69) is 47.4 Å². The molecule has 2 heterocycles. The lowest BCUT2D eigenvalue weighted by atomic mass is 9.93. The van der Waals surface area contributed by atoms with Crippen LogP contribution >= 0.6 is 0 Å². The summed E-state index contributed by atoms with van der Waals surface area (Å²) in [4.78, 5) is 17.5. The highest BCUT2D eigenvalue weighted by Crippen LogP contribution is 2.31. The molecule has 1 saturated heterocycles. The van der Waals surface area contributed by atoms with Gasteiger partial charge in [0.1, 0.15) is 0 Å². The van der Waals surface area contributed by atoms with Crippen molar-refractivity contribution in [3.63, 3.8) is 0 Å². The lowest BCUT2D eigenvalue weighted by Crippen LogP contribution is -2.44. The van der Waals surface area contributed by atoms with E-state index in [9.17, 15) is 4.79 Å². The molecular formula is C21H24N2O. The van der Waals surface area contributed by atoms with Gasteiger partial charge in [0.05, 0.1) is 0 Å². The van der Waals surface area contributed by atoms with Gasteiger partial charge >= 0.3 is 0 Å². The molecule has 124 valence electrons. The van der Waals surface area contributed by atoms with Crippen molar-refractivity contribution in [1.82, 2.24) is 0 Å². The monoisotopic (exact) mass is 320 g/mol. The molecule has 0 unspecified atom stereocenters. The lowest BCUT2D eigenvalue weighted by Gasteiger charge is -2.37. The van der Waals surface area contributed by atoms with Crippen molar-refractivity contribution in [2.24, 2.45) is 5.92 Å². The molecule has 2 aliphatic rings. The molecule has 0 N–H and O–H groups in total. The van der Waals surface area contributed by atoms with Crippen LogP contribution in [0, 0.1) is 5.92 Å². The quantitative estimate of drug-likeness (QED) is 0.838. The largest absolute Gasteiger partial charge is 0.371 e. The number of nitrogens with zero attached hydrogens (tertiary/aromatic N) is 2. The van der Waals surface area contributed by atoms with E-state index in [1.165, 1.54) is 11.3 Å². The highest BCUT2D eigenvalue weighted by molar-refractivity contribution is 5.96. The van der Waals surface area contributed by atoms with Gasteiger partial charge < -0.3 is 9.80 Å². The summed E-state index contributed by atoms with van der Waals surface area (Å²) in [6, 6.07) is 18.9. The molecule has 0 atom stereocenters. The second-order valence-corrected chi connectivity index (χ2v) is 6.82. The first-order valence-corrected chi connectivity index (χ1v) is 9.02. The Morgan fingerprint density at radius 3 is 2.38 bits per heavy atom. The van der Waals surface area contributed by atoms with Crippen LogP contribution in [0.3, 0.4) is 0 Å². The maximum Gasteiger partial charge on any atom is 0.230 e. The summed E-state index contributed by atoms with van der Waals surface area (Å²) >= 11 is 0. The van der Waals surface area contributed by atoms with E-state index < -0.39 is 0 Å². The van der Waals surface area contributed by atoms with Crippen molar-refractivity contribution >= 4 is 17.3 Å². The Morgan fingerprint density at radius 2 is 1.58 bits per heavy atom. The zero-order valence-electron chi connectivity index (χ0n) is 14.0. The minimum atomic E-state index is 0.163. The number of benzene rings is 2. The van der Waals surface area contributed by atoms with Crippen molar-refractivity contribution < 1.29 is 4.79 Å². The van der Waals surface area contributed by atoms with E-state index >= 15 is 0 Å². The fourth-order valence-corrected chi connectivity index (χ4v) is 4.01. The van der Waals surface area contributed by atoms with E-state index in [-0.39, 0.29) is 5.92 Å². The van der Waals surface area contributed by atoms with Crippen LogP contribution < -0.4 is 9.80 Å². The Kier molecular flexibility index (Phi) is 4.24. The third-order valence-electron chi connectivity index (χ3n) is 5.34. The van der Waals surface area contributed by atoms with Gasteiger partial charge in [-0.3, -0.25) is 4.79 Å². The minimum Gasteiger partial charge on any atom is -0.371 e. The first-order valence-electron chi connectivity index (χ1n) is 9.02. The second kappa shape index (κ2) is 6.68. The van der Waals surface area contributed by atoms with Crippen LogP contribution in [0.25, 0.3) is 0 Å². The number of rotatable bonds is 2. The molecule has 3 nitrogen and oxygen atoms in total. The number of aryl methyl sites for hydroxylation is 1. The van der Waals surface area contributed by atoms with E-state index in [1.54, 1.807) is 0 Å². The number of carbonyl (C=O) groups excluding carboxylic acids is 1. The Morgan fingerprint density at radius 1 is 0.875 bits per heavy atom.